The van der Waals surface area contributed by atoms with Crippen molar-refractivity contribution in [3.05, 3.63) is 52.0 Å². The minimum atomic E-state index is -0.543. The molecule has 0 bridgehead atoms. The first kappa shape index (κ1) is 17.2. The summed E-state index contributed by atoms with van der Waals surface area (Å²) in [5.41, 5.74) is 2.94. The number of amides is 1. The van der Waals surface area contributed by atoms with Crippen LogP contribution in [0.4, 0.5) is 5.69 Å². The van der Waals surface area contributed by atoms with Crippen LogP contribution in [0, 0.1) is 13.8 Å². The van der Waals surface area contributed by atoms with Crippen molar-refractivity contribution in [1.82, 2.24) is 4.98 Å². The van der Waals surface area contributed by atoms with Crippen LogP contribution in [-0.4, -0.2) is 22.6 Å². The molecule has 0 saturated heterocycles. The zero-order valence-corrected chi connectivity index (χ0v) is 15.3. The Labute approximate surface area is 152 Å². The fraction of sp³-hybridized carbons (Fsp3) is 0.167. The third-order valence-corrected chi connectivity index (χ3v) is 4.68. The molecule has 1 aromatic heterocycles. The Morgan fingerprint density at radius 2 is 2.08 bits per heavy atom. The third kappa shape index (κ3) is 3.71. The highest BCUT2D eigenvalue weighted by Gasteiger charge is 2.15. The molecule has 0 spiro atoms. The lowest BCUT2D eigenvalue weighted by Crippen LogP contribution is -2.07. The van der Waals surface area contributed by atoms with E-state index in [0.29, 0.717) is 16.7 Å². The minimum Gasteiger partial charge on any atom is -0.493 e. The van der Waals surface area contributed by atoms with Gasteiger partial charge in [-0.3, -0.25) is 4.79 Å². The van der Waals surface area contributed by atoms with Gasteiger partial charge in [0.25, 0.3) is 0 Å². The number of aromatic amines is 1. The van der Waals surface area contributed by atoms with E-state index in [1.54, 1.807) is 6.07 Å². The molecular formula is C18H16BrN3O3. The monoisotopic (exact) mass is 401 g/mol. The molecule has 0 saturated carbocycles. The van der Waals surface area contributed by atoms with Crippen LogP contribution >= 0.6 is 15.9 Å². The molecule has 128 valence electrons. The molecule has 0 radical (unpaired) electrons. The van der Waals surface area contributed by atoms with Gasteiger partial charge in [0.15, 0.2) is 12.3 Å². The Morgan fingerprint density at radius 3 is 2.84 bits per heavy atom. The van der Waals surface area contributed by atoms with E-state index in [4.69, 9.17) is 4.74 Å². The number of ether oxygens (including phenoxy) is 1. The van der Waals surface area contributed by atoms with Crippen molar-refractivity contribution in [2.24, 2.45) is 10.2 Å². The summed E-state index contributed by atoms with van der Waals surface area (Å²) in [4.78, 5) is 14.7. The van der Waals surface area contributed by atoms with Crippen LogP contribution in [-0.2, 0) is 4.79 Å². The topological polar surface area (TPSA) is 87.0 Å². The van der Waals surface area contributed by atoms with Gasteiger partial charge in [-0.05, 0) is 59.1 Å². The van der Waals surface area contributed by atoms with Crippen LogP contribution in [0.5, 0.6) is 11.6 Å². The minimum absolute atomic E-state index is 0.141. The number of carbonyl (C=O) groups is 1. The molecule has 7 heteroatoms. The van der Waals surface area contributed by atoms with E-state index in [-0.39, 0.29) is 18.2 Å². The lowest BCUT2D eigenvalue weighted by molar-refractivity contribution is -0.120. The van der Waals surface area contributed by atoms with Gasteiger partial charge < -0.3 is 14.8 Å². The van der Waals surface area contributed by atoms with Gasteiger partial charge in [0.2, 0.25) is 5.88 Å². The maximum absolute atomic E-state index is 11.9. The molecule has 2 N–H and O–H groups in total. The molecule has 0 atom stereocenters. The summed E-state index contributed by atoms with van der Waals surface area (Å²) in [6.45, 7) is 3.64. The molecule has 3 aromatic rings. The maximum atomic E-state index is 11.9. The maximum Gasteiger partial charge on any atom is 0.302 e. The number of hydrogen-bond donors (Lipinski definition) is 2. The second kappa shape index (κ2) is 7.06. The second-order valence-electron chi connectivity index (χ2n) is 5.64. The second-order valence-corrected chi connectivity index (χ2v) is 6.43. The van der Waals surface area contributed by atoms with Gasteiger partial charge in [0.1, 0.15) is 5.75 Å². The number of aromatic hydroxyl groups is 1. The number of H-pyrrole nitrogens is 1. The van der Waals surface area contributed by atoms with Crippen molar-refractivity contribution in [3.63, 3.8) is 0 Å². The molecule has 6 nitrogen and oxygen atoms in total. The Hall–Kier alpha value is -2.67. The highest BCUT2D eigenvalue weighted by molar-refractivity contribution is 9.10. The Balaban J connectivity index is 1.77. The standard InChI is InChI=1S/C18H16BrN3O3/c1-10-4-3-5-12(8-10)25-9-14(23)21-22-17-15-13(20-18(17)24)7-6-11(2)16(15)19/h3-8,20,24H,9H2,1-2H3. The van der Waals surface area contributed by atoms with Crippen molar-refractivity contribution >= 4 is 38.4 Å². The molecule has 3 rings (SSSR count). The van der Waals surface area contributed by atoms with Crippen LogP contribution < -0.4 is 4.74 Å². The number of carbonyl (C=O) groups excluding carboxylic acids is 1. The van der Waals surface area contributed by atoms with Crippen LogP contribution in [0.25, 0.3) is 10.9 Å². The van der Waals surface area contributed by atoms with Gasteiger partial charge in [-0.15, -0.1) is 10.2 Å². The van der Waals surface area contributed by atoms with E-state index in [1.165, 1.54) is 0 Å². The smallest absolute Gasteiger partial charge is 0.302 e. The van der Waals surface area contributed by atoms with Gasteiger partial charge in [-0.1, -0.05) is 18.2 Å². The number of aromatic nitrogens is 1. The van der Waals surface area contributed by atoms with Gasteiger partial charge in [0.05, 0.1) is 5.52 Å². The number of azo groups is 1. The first-order valence-corrected chi connectivity index (χ1v) is 8.39. The predicted octanol–water partition coefficient (Wildman–Crippen LogP) is 4.94. The normalized spacial score (nSPS) is 11.3. The SMILES string of the molecule is Cc1cccc(OCC(=O)N=Nc2c(O)[nH]c3ccc(C)c(Br)c23)c1. The van der Waals surface area contributed by atoms with Crippen molar-refractivity contribution in [3.8, 4) is 11.6 Å². The number of halogens is 1. The number of rotatable bonds is 4. The number of benzene rings is 2. The molecular weight excluding hydrogens is 386 g/mol. The van der Waals surface area contributed by atoms with Crippen molar-refractivity contribution in [2.45, 2.75) is 13.8 Å². The molecule has 0 aliphatic heterocycles. The molecule has 0 aliphatic rings. The summed E-state index contributed by atoms with van der Waals surface area (Å²) in [5.74, 6) is -0.0895. The molecule has 0 fully saturated rings. The lowest BCUT2D eigenvalue weighted by Gasteiger charge is -2.03. The van der Waals surface area contributed by atoms with E-state index in [2.05, 4.69) is 31.1 Å². The Morgan fingerprint density at radius 1 is 1.28 bits per heavy atom. The van der Waals surface area contributed by atoms with Crippen LogP contribution in [0.15, 0.2) is 51.1 Å². The summed E-state index contributed by atoms with van der Waals surface area (Å²) in [6.07, 6.45) is 0. The number of hydrogen-bond acceptors (Lipinski definition) is 4. The van der Waals surface area contributed by atoms with E-state index >= 15 is 0 Å². The zero-order valence-electron chi connectivity index (χ0n) is 13.7. The highest BCUT2D eigenvalue weighted by atomic mass is 79.9. The average Bonchev–Trinajstić information content (AvgIpc) is 2.91. The van der Waals surface area contributed by atoms with E-state index in [1.807, 2.05) is 44.2 Å². The third-order valence-electron chi connectivity index (χ3n) is 3.66. The number of nitrogens with one attached hydrogen (secondary N) is 1. The van der Waals surface area contributed by atoms with Crippen LogP contribution in [0.2, 0.25) is 0 Å². The van der Waals surface area contributed by atoms with Crippen LogP contribution in [0.3, 0.4) is 0 Å². The number of aryl methyl sites for hydroxylation is 2. The average molecular weight is 402 g/mol. The van der Waals surface area contributed by atoms with E-state index < -0.39 is 5.91 Å². The largest absolute Gasteiger partial charge is 0.493 e. The van der Waals surface area contributed by atoms with Crippen molar-refractivity contribution < 1.29 is 14.6 Å². The van der Waals surface area contributed by atoms with Gasteiger partial charge in [-0.25, -0.2) is 0 Å². The Bertz CT molecular complexity index is 979. The van der Waals surface area contributed by atoms with E-state index in [0.717, 1.165) is 15.6 Å². The summed E-state index contributed by atoms with van der Waals surface area (Å²) >= 11 is 3.48. The Kier molecular flexibility index (Phi) is 4.85. The van der Waals surface area contributed by atoms with Crippen LogP contribution in [0.1, 0.15) is 11.1 Å². The van der Waals surface area contributed by atoms with Crippen molar-refractivity contribution in [1.29, 1.82) is 0 Å². The lowest BCUT2D eigenvalue weighted by atomic mass is 10.1. The molecule has 2 aromatic carbocycles. The van der Waals surface area contributed by atoms with Gasteiger partial charge >= 0.3 is 5.91 Å². The molecule has 0 aliphatic carbocycles. The predicted molar refractivity (Wildman–Crippen MR) is 98.6 cm³/mol. The fourth-order valence-corrected chi connectivity index (χ4v) is 2.94. The molecule has 1 heterocycles. The summed E-state index contributed by atoms with van der Waals surface area (Å²) in [7, 11) is 0. The van der Waals surface area contributed by atoms with Gasteiger partial charge in [-0.2, -0.15) is 0 Å². The first-order chi connectivity index (χ1) is 12.0. The summed E-state index contributed by atoms with van der Waals surface area (Å²) in [5, 5.41) is 18.3. The first-order valence-electron chi connectivity index (χ1n) is 7.59. The molecule has 0 unspecified atom stereocenters. The van der Waals surface area contributed by atoms with Gasteiger partial charge in [0, 0.05) is 9.86 Å². The molecule has 25 heavy (non-hydrogen) atoms. The fourth-order valence-electron chi connectivity index (χ4n) is 2.40. The highest BCUT2D eigenvalue weighted by Crippen LogP contribution is 2.41. The van der Waals surface area contributed by atoms with E-state index in [9.17, 15) is 9.90 Å². The zero-order chi connectivity index (χ0) is 18.0. The number of nitrogens with zero attached hydrogens (tertiary/aromatic N) is 2. The quantitative estimate of drug-likeness (QED) is 0.606. The summed E-state index contributed by atoms with van der Waals surface area (Å²) in [6, 6.07) is 11.1. The van der Waals surface area contributed by atoms with Crippen molar-refractivity contribution in [2.75, 3.05) is 6.61 Å². The molecule has 1 amide bonds. The number of fused-ring (bicyclic) bond motifs is 1. The summed E-state index contributed by atoms with van der Waals surface area (Å²) < 4.78 is 6.19.